The lowest BCUT2D eigenvalue weighted by atomic mass is 9.85. The van der Waals surface area contributed by atoms with Gasteiger partial charge in [0.1, 0.15) is 5.54 Å². The van der Waals surface area contributed by atoms with E-state index in [-0.39, 0.29) is 5.91 Å². The number of nitrogens with one attached hydrogen (secondary N) is 1. The van der Waals surface area contributed by atoms with E-state index in [1.807, 2.05) is 31.2 Å². The summed E-state index contributed by atoms with van der Waals surface area (Å²) < 4.78 is 5.02. The van der Waals surface area contributed by atoms with Crippen LogP contribution < -0.4 is 11.1 Å². The van der Waals surface area contributed by atoms with Gasteiger partial charge in [-0.1, -0.05) is 38.1 Å². The van der Waals surface area contributed by atoms with E-state index >= 15 is 0 Å². The number of benzene rings is 1. The minimum Gasteiger partial charge on any atom is -0.383 e. The highest BCUT2D eigenvalue weighted by molar-refractivity contribution is 5.86. The SMILES string of the molecule is CCc1ccc(C(CC)(NCCOC)C(N)=O)cc1. The fourth-order valence-electron chi connectivity index (χ4n) is 2.23. The third-order valence-corrected chi connectivity index (χ3v) is 3.54. The van der Waals surface area contributed by atoms with Crippen molar-refractivity contribution in [2.24, 2.45) is 5.73 Å². The average Bonchev–Trinajstić information content (AvgIpc) is 2.44. The first kappa shape index (κ1) is 15.7. The Morgan fingerprint density at radius 2 is 1.95 bits per heavy atom. The van der Waals surface area contributed by atoms with Gasteiger partial charge < -0.3 is 10.5 Å². The molecule has 0 aliphatic heterocycles. The van der Waals surface area contributed by atoms with Crippen LogP contribution in [0.25, 0.3) is 0 Å². The van der Waals surface area contributed by atoms with Crippen molar-refractivity contribution < 1.29 is 9.53 Å². The molecule has 1 aromatic rings. The summed E-state index contributed by atoms with van der Waals surface area (Å²) >= 11 is 0. The van der Waals surface area contributed by atoms with Crippen LogP contribution in [0.2, 0.25) is 0 Å². The predicted octanol–water partition coefficient (Wildman–Crippen LogP) is 1.58. The molecule has 1 atom stereocenters. The number of nitrogens with two attached hydrogens (primary N) is 1. The number of primary amides is 1. The normalized spacial score (nSPS) is 14.1. The van der Waals surface area contributed by atoms with E-state index in [1.165, 1.54) is 5.56 Å². The van der Waals surface area contributed by atoms with Gasteiger partial charge in [0.25, 0.3) is 0 Å². The molecule has 0 fully saturated rings. The van der Waals surface area contributed by atoms with Crippen molar-refractivity contribution >= 4 is 5.91 Å². The zero-order chi connectivity index (χ0) is 14.3. The molecule has 19 heavy (non-hydrogen) atoms. The van der Waals surface area contributed by atoms with Gasteiger partial charge in [0.05, 0.1) is 6.61 Å². The van der Waals surface area contributed by atoms with Crippen molar-refractivity contribution in [2.45, 2.75) is 32.2 Å². The summed E-state index contributed by atoms with van der Waals surface area (Å²) in [6.07, 6.45) is 1.59. The largest absolute Gasteiger partial charge is 0.383 e. The molecule has 0 spiro atoms. The third kappa shape index (κ3) is 3.55. The molecule has 0 radical (unpaired) electrons. The lowest BCUT2D eigenvalue weighted by molar-refractivity contribution is -0.125. The lowest BCUT2D eigenvalue weighted by Gasteiger charge is -2.31. The summed E-state index contributed by atoms with van der Waals surface area (Å²) in [4.78, 5) is 11.9. The van der Waals surface area contributed by atoms with E-state index in [2.05, 4.69) is 12.2 Å². The Balaban J connectivity index is 3.02. The van der Waals surface area contributed by atoms with Gasteiger partial charge in [-0.3, -0.25) is 10.1 Å². The van der Waals surface area contributed by atoms with Crippen LogP contribution in [-0.4, -0.2) is 26.2 Å². The fourth-order valence-corrected chi connectivity index (χ4v) is 2.23. The molecule has 1 rings (SSSR count). The van der Waals surface area contributed by atoms with Crippen molar-refractivity contribution in [3.05, 3.63) is 35.4 Å². The molecule has 1 amide bonds. The first-order valence-electron chi connectivity index (χ1n) is 6.74. The van der Waals surface area contributed by atoms with Crippen LogP contribution in [0.15, 0.2) is 24.3 Å². The Hall–Kier alpha value is -1.39. The lowest BCUT2D eigenvalue weighted by Crippen LogP contribution is -2.53. The summed E-state index contributed by atoms with van der Waals surface area (Å²) in [6.45, 7) is 5.19. The van der Waals surface area contributed by atoms with Gasteiger partial charge >= 0.3 is 0 Å². The van der Waals surface area contributed by atoms with Gasteiger partial charge in [-0.2, -0.15) is 0 Å². The number of carbonyl (C=O) groups excluding carboxylic acids is 1. The van der Waals surface area contributed by atoms with Gasteiger partial charge in [0, 0.05) is 13.7 Å². The van der Waals surface area contributed by atoms with Crippen molar-refractivity contribution in [2.75, 3.05) is 20.3 Å². The Bertz CT molecular complexity index is 403. The maximum absolute atomic E-state index is 11.9. The smallest absolute Gasteiger partial charge is 0.242 e. The van der Waals surface area contributed by atoms with E-state index in [1.54, 1.807) is 7.11 Å². The molecule has 1 unspecified atom stereocenters. The first-order chi connectivity index (χ1) is 9.10. The second-order valence-electron chi connectivity index (χ2n) is 4.59. The van der Waals surface area contributed by atoms with Crippen molar-refractivity contribution in [1.29, 1.82) is 0 Å². The molecule has 106 valence electrons. The highest BCUT2D eigenvalue weighted by Gasteiger charge is 2.35. The molecule has 4 nitrogen and oxygen atoms in total. The topological polar surface area (TPSA) is 64.3 Å². The van der Waals surface area contributed by atoms with E-state index in [9.17, 15) is 4.79 Å². The van der Waals surface area contributed by atoms with Crippen LogP contribution in [0.3, 0.4) is 0 Å². The molecule has 0 saturated heterocycles. The maximum Gasteiger partial charge on any atom is 0.242 e. The van der Waals surface area contributed by atoms with Crippen LogP contribution >= 0.6 is 0 Å². The number of ether oxygens (including phenoxy) is 1. The molecule has 0 bridgehead atoms. The van der Waals surface area contributed by atoms with Crippen molar-refractivity contribution in [3.63, 3.8) is 0 Å². The number of carbonyl (C=O) groups is 1. The summed E-state index contributed by atoms with van der Waals surface area (Å²) in [6, 6.07) is 8.04. The Morgan fingerprint density at radius 1 is 1.32 bits per heavy atom. The molecule has 1 aromatic carbocycles. The molecular formula is C15H24N2O2. The molecule has 4 heteroatoms. The van der Waals surface area contributed by atoms with Crippen molar-refractivity contribution in [3.8, 4) is 0 Å². The zero-order valence-corrected chi connectivity index (χ0v) is 12.0. The van der Waals surface area contributed by atoms with Gasteiger partial charge in [-0.25, -0.2) is 0 Å². The quantitative estimate of drug-likeness (QED) is 0.701. The standard InChI is InChI=1S/C15H24N2O2/c1-4-12-6-8-13(9-7-12)15(5-2,14(16)18)17-10-11-19-3/h6-9,17H,4-5,10-11H2,1-3H3,(H2,16,18). The van der Waals surface area contributed by atoms with Crippen LogP contribution in [-0.2, 0) is 21.5 Å². The third-order valence-electron chi connectivity index (χ3n) is 3.54. The number of hydrogen-bond acceptors (Lipinski definition) is 3. The molecule has 0 aliphatic rings. The van der Waals surface area contributed by atoms with Gasteiger partial charge in [-0.15, -0.1) is 0 Å². The molecule has 0 aromatic heterocycles. The van der Waals surface area contributed by atoms with E-state index in [4.69, 9.17) is 10.5 Å². The first-order valence-corrected chi connectivity index (χ1v) is 6.74. The molecular weight excluding hydrogens is 240 g/mol. The Labute approximate surface area is 115 Å². The number of hydrogen-bond donors (Lipinski definition) is 2. The molecule has 3 N–H and O–H groups in total. The molecule has 0 saturated carbocycles. The highest BCUT2D eigenvalue weighted by Crippen LogP contribution is 2.25. The number of aryl methyl sites for hydroxylation is 1. The van der Waals surface area contributed by atoms with Crippen LogP contribution in [0.4, 0.5) is 0 Å². The monoisotopic (exact) mass is 264 g/mol. The van der Waals surface area contributed by atoms with Gasteiger partial charge in [-0.05, 0) is 24.0 Å². The summed E-state index contributed by atoms with van der Waals surface area (Å²) in [5.74, 6) is -0.352. The fraction of sp³-hybridized carbons (Fsp3) is 0.533. The zero-order valence-electron chi connectivity index (χ0n) is 12.0. The van der Waals surface area contributed by atoms with Crippen LogP contribution in [0.5, 0.6) is 0 Å². The summed E-state index contributed by atoms with van der Waals surface area (Å²) in [5.41, 5.74) is 6.97. The molecule has 0 heterocycles. The number of amides is 1. The summed E-state index contributed by atoms with van der Waals surface area (Å²) in [7, 11) is 1.63. The average molecular weight is 264 g/mol. The Kier molecular flexibility index (Phi) is 5.99. The number of methoxy groups -OCH3 is 1. The number of rotatable bonds is 8. The van der Waals surface area contributed by atoms with Gasteiger partial charge in [0.15, 0.2) is 0 Å². The predicted molar refractivity (Wildman–Crippen MR) is 76.9 cm³/mol. The van der Waals surface area contributed by atoms with Crippen LogP contribution in [0, 0.1) is 0 Å². The van der Waals surface area contributed by atoms with E-state index < -0.39 is 5.54 Å². The minimum atomic E-state index is -0.815. The Morgan fingerprint density at radius 3 is 2.37 bits per heavy atom. The highest BCUT2D eigenvalue weighted by atomic mass is 16.5. The maximum atomic E-state index is 11.9. The van der Waals surface area contributed by atoms with Crippen LogP contribution in [0.1, 0.15) is 31.4 Å². The van der Waals surface area contributed by atoms with E-state index in [0.29, 0.717) is 19.6 Å². The molecule has 0 aliphatic carbocycles. The van der Waals surface area contributed by atoms with Gasteiger partial charge in [0.2, 0.25) is 5.91 Å². The second-order valence-corrected chi connectivity index (χ2v) is 4.59. The summed E-state index contributed by atoms with van der Waals surface area (Å²) in [5, 5.41) is 3.24. The second kappa shape index (κ2) is 7.26. The minimum absolute atomic E-state index is 0.352. The van der Waals surface area contributed by atoms with Crippen molar-refractivity contribution in [1.82, 2.24) is 5.32 Å². The van der Waals surface area contributed by atoms with E-state index in [0.717, 1.165) is 12.0 Å².